The number of carboxylic acids is 1. The van der Waals surface area contributed by atoms with Crippen LogP contribution in [-0.4, -0.2) is 30.2 Å². The van der Waals surface area contributed by atoms with Crippen LogP contribution < -0.4 is 10.6 Å². The minimum absolute atomic E-state index is 0.00866. The topological polar surface area (TPSA) is 61.4 Å². The SMILES string of the molecule is C[C@H]1Cc2ccccc2[C@@H](CNCC(=O)O)N1. The molecule has 1 aliphatic rings. The molecule has 0 bridgehead atoms. The number of hydrogen-bond acceptors (Lipinski definition) is 3. The van der Waals surface area contributed by atoms with Gasteiger partial charge in [-0.15, -0.1) is 0 Å². The van der Waals surface area contributed by atoms with Crippen LogP contribution in [0, 0.1) is 0 Å². The van der Waals surface area contributed by atoms with Gasteiger partial charge in [0, 0.05) is 18.6 Å². The smallest absolute Gasteiger partial charge is 0.317 e. The van der Waals surface area contributed by atoms with E-state index in [0.717, 1.165) is 6.42 Å². The van der Waals surface area contributed by atoms with Gasteiger partial charge < -0.3 is 15.7 Å². The molecule has 17 heavy (non-hydrogen) atoms. The molecule has 0 aromatic heterocycles. The lowest BCUT2D eigenvalue weighted by Crippen LogP contribution is -2.42. The van der Waals surface area contributed by atoms with E-state index in [-0.39, 0.29) is 12.6 Å². The van der Waals surface area contributed by atoms with Gasteiger partial charge in [0.1, 0.15) is 0 Å². The highest BCUT2D eigenvalue weighted by atomic mass is 16.4. The van der Waals surface area contributed by atoms with Gasteiger partial charge in [0.15, 0.2) is 0 Å². The zero-order valence-electron chi connectivity index (χ0n) is 9.94. The third-order valence-electron chi connectivity index (χ3n) is 3.07. The van der Waals surface area contributed by atoms with Crippen molar-refractivity contribution in [2.75, 3.05) is 13.1 Å². The van der Waals surface area contributed by atoms with Gasteiger partial charge >= 0.3 is 5.97 Å². The summed E-state index contributed by atoms with van der Waals surface area (Å²) in [4.78, 5) is 10.5. The first-order chi connectivity index (χ1) is 8.16. The van der Waals surface area contributed by atoms with Crippen molar-refractivity contribution in [1.29, 1.82) is 0 Å². The number of hydrogen-bond donors (Lipinski definition) is 3. The highest BCUT2D eigenvalue weighted by molar-refractivity contribution is 5.69. The Bertz CT molecular complexity index is 406. The first-order valence-electron chi connectivity index (χ1n) is 5.93. The minimum Gasteiger partial charge on any atom is -0.480 e. The van der Waals surface area contributed by atoms with E-state index in [1.54, 1.807) is 0 Å². The lowest BCUT2D eigenvalue weighted by Gasteiger charge is -2.31. The van der Waals surface area contributed by atoms with Crippen LogP contribution in [-0.2, 0) is 11.2 Å². The summed E-state index contributed by atoms with van der Waals surface area (Å²) >= 11 is 0. The van der Waals surface area contributed by atoms with E-state index in [2.05, 4.69) is 35.8 Å². The fourth-order valence-electron chi connectivity index (χ4n) is 2.37. The molecule has 1 aromatic carbocycles. The molecule has 4 nitrogen and oxygen atoms in total. The second kappa shape index (κ2) is 5.29. The molecule has 1 aliphatic heterocycles. The Balaban J connectivity index is 2.05. The zero-order chi connectivity index (χ0) is 12.3. The molecular formula is C13H18N2O2. The Kier molecular flexibility index (Phi) is 3.76. The molecule has 0 aliphatic carbocycles. The van der Waals surface area contributed by atoms with Gasteiger partial charge in [0.2, 0.25) is 0 Å². The fourth-order valence-corrected chi connectivity index (χ4v) is 2.37. The summed E-state index contributed by atoms with van der Waals surface area (Å²) in [6.45, 7) is 2.81. The van der Waals surface area contributed by atoms with E-state index in [4.69, 9.17) is 5.11 Å². The standard InChI is InChI=1S/C13H18N2O2/c1-9-6-10-4-2-3-5-11(10)12(15-9)7-14-8-13(16)17/h2-5,9,12,14-15H,6-8H2,1H3,(H,16,17)/t9-,12+/m0/s1. The van der Waals surface area contributed by atoms with Crippen molar-refractivity contribution in [2.45, 2.75) is 25.4 Å². The fraction of sp³-hybridized carbons (Fsp3) is 0.462. The van der Waals surface area contributed by atoms with Gasteiger partial charge in [0.05, 0.1) is 6.54 Å². The Morgan fingerprint density at radius 3 is 3.06 bits per heavy atom. The van der Waals surface area contributed by atoms with Crippen molar-refractivity contribution in [3.05, 3.63) is 35.4 Å². The van der Waals surface area contributed by atoms with Crippen molar-refractivity contribution < 1.29 is 9.90 Å². The maximum Gasteiger partial charge on any atom is 0.317 e. The number of nitrogens with one attached hydrogen (secondary N) is 2. The summed E-state index contributed by atoms with van der Waals surface area (Å²) < 4.78 is 0. The number of aliphatic carboxylic acids is 1. The summed E-state index contributed by atoms with van der Waals surface area (Å²) in [5.41, 5.74) is 2.64. The molecule has 3 N–H and O–H groups in total. The second-order valence-corrected chi connectivity index (χ2v) is 4.55. The molecule has 92 valence electrons. The zero-order valence-corrected chi connectivity index (χ0v) is 9.94. The molecule has 0 saturated carbocycles. The third-order valence-corrected chi connectivity index (χ3v) is 3.07. The molecule has 1 heterocycles. The van der Waals surface area contributed by atoms with Crippen LogP contribution in [0.2, 0.25) is 0 Å². The van der Waals surface area contributed by atoms with Gasteiger partial charge in [-0.1, -0.05) is 24.3 Å². The number of benzene rings is 1. The molecule has 0 radical (unpaired) electrons. The lowest BCUT2D eigenvalue weighted by molar-refractivity contribution is -0.135. The summed E-state index contributed by atoms with van der Waals surface area (Å²) in [5.74, 6) is -0.817. The van der Waals surface area contributed by atoms with E-state index in [0.29, 0.717) is 12.6 Å². The summed E-state index contributed by atoms with van der Waals surface area (Å²) in [6.07, 6.45) is 1.03. The normalized spacial score (nSPS) is 23.1. The molecule has 0 saturated heterocycles. The van der Waals surface area contributed by atoms with Gasteiger partial charge in [0.25, 0.3) is 0 Å². The molecular weight excluding hydrogens is 216 g/mol. The molecule has 0 amide bonds. The lowest BCUT2D eigenvalue weighted by atomic mass is 9.91. The number of carboxylic acid groups (broad SMARTS) is 1. The van der Waals surface area contributed by atoms with Crippen LogP contribution in [0.1, 0.15) is 24.1 Å². The van der Waals surface area contributed by atoms with Crippen LogP contribution in [0.5, 0.6) is 0 Å². The summed E-state index contributed by atoms with van der Waals surface area (Å²) in [6, 6.07) is 8.98. The van der Waals surface area contributed by atoms with Crippen LogP contribution in [0.25, 0.3) is 0 Å². The van der Waals surface area contributed by atoms with E-state index in [9.17, 15) is 4.79 Å². The van der Waals surface area contributed by atoms with Crippen molar-refractivity contribution in [1.82, 2.24) is 10.6 Å². The first-order valence-corrected chi connectivity index (χ1v) is 5.93. The number of rotatable bonds is 4. The number of carbonyl (C=O) groups is 1. The first kappa shape index (κ1) is 12.1. The third kappa shape index (κ3) is 3.05. The van der Waals surface area contributed by atoms with Gasteiger partial charge in [-0.25, -0.2) is 0 Å². The molecule has 0 unspecified atom stereocenters. The number of fused-ring (bicyclic) bond motifs is 1. The predicted octanol–water partition coefficient (Wildman–Crippen LogP) is 0.936. The van der Waals surface area contributed by atoms with E-state index in [1.165, 1.54) is 11.1 Å². The Morgan fingerprint density at radius 2 is 2.29 bits per heavy atom. The predicted molar refractivity (Wildman–Crippen MR) is 66.0 cm³/mol. The van der Waals surface area contributed by atoms with Crippen LogP contribution >= 0.6 is 0 Å². The summed E-state index contributed by atoms with van der Waals surface area (Å²) in [7, 11) is 0. The Morgan fingerprint density at radius 1 is 1.53 bits per heavy atom. The van der Waals surface area contributed by atoms with Gasteiger partial charge in [-0.3, -0.25) is 4.79 Å². The van der Waals surface area contributed by atoms with Gasteiger partial charge in [-0.2, -0.15) is 0 Å². The Hall–Kier alpha value is -1.39. The van der Waals surface area contributed by atoms with E-state index >= 15 is 0 Å². The highest BCUT2D eigenvalue weighted by Crippen LogP contribution is 2.24. The quantitative estimate of drug-likeness (QED) is 0.725. The molecule has 4 heteroatoms. The van der Waals surface area contributed by atoms with Crippen molar-refractivity contribution in [2.24, 2.45) is 0 Å². The molecule has 0 fully saturated rings. The second-order valence-electron chi connectivity index (χ2n) is 4.55. The maximum atomic E-state index is 10.5. The molecule has 0 spiro atoms. The van der Waals surface area contributed by atoms with Crippen LogP contribution in [0.15, 0.2) is 24.3 Å². The van der Waals surface area contributed by atoms with Crippen LogP contribution in [0.3, 0.4) is 0 Å². The highest BCUT2D eigenvalue weighted by Gasteiger charge is 2.22. The molecule has 2 atom stereocenters. The van der Waals surface area contributed by atoms with E-state index < -0.39 is 5.97 Å². The largest absolute Gasteiger partial charge is 0.480 e. The Labute approximate surface area is 101 Å². The van der Waals surface area contributed by atoms with Crippen LogP contribution in [0.4, 0.5) is 0 Å². The average Bonchev–Trinajstić information content (AvgIpc) is 2.28. The summed E-state index contributed by atoms with van der Waals surface area (Å²) in [5, 5.41) is 15.1. The van der Waals surface area contributed by atoms with Crippen molar-refractivity contribution >= 4 is 5.97 Å². The molecule has 1 aromatic rings. The maximum absolute atomic E-state index is 10.5. The van der Waals surface area contributed by atoms with Gasteiger partial charge in [-0.05, 0) is 24.5 Å². The minimum atomic E-state index is -0.817. The van der Waals surface area contributed by atoms with Crippen molar-refractivity contribution in [3.63, 3.8) is 0 Å². The molecule has 2 rings (SSSR count). The monoisotopic (exact) mass is 234 g/mol. The van der Waals surface area contributed by atoms with Crippen molar-refractivity contribution in [3.8, 4) is 0 Å². The van der Waals surface area contributed by atoms with E-state index in [1.807, 2.05) is 6.07 Å². The average molecular weight is 234 g/mol.